The number of rotatable bonds is 3. The number of para-hydroxylation sites is 1. The third-order valence-electron chi connectivity index (χ3n) is 2.33. The summed E-state index contributed by atoms with van der Waals surface area (Å²) in [5.41, 5.74) is 1.81. The van der Waals surface area contributed by atoms with E-state index in [2.05, 4.69) is 27.8 Å². The molecule has 87 valence electrons. The Labute approximate surface area is 110 Å². The molecule has 1 aromatic heterocycles. The highest BCUT2D eigenvalue weighted by atomic mass is 79.9. The zero-order chi connectivity index (χ0) is 12.3. The monoisotopic (exact) mass is 290 g/mol. The zero-order valence-electron chi connectivity index (χ0n) is 9.56. The Hall–Kier alpha value is -1.35. The maximum absolute atomic E-state index is 5.66. The Morgan fingerprint density at radius 2 is 1.88 bits per heavy atom. The van der Waals surface area contributed by atoms with Gasteiger partial charge in [0.2, 0.25) is 5.88 Å². The number of ether oxygens (including phenoxy) is 1. The number of pyridine rings is 1. The standard InChI is InChI=1S/C14H13BrNO/c1-10-8-9-13(16-14(10)11(2)15)17-12-6-4-3-5-7-12/h3-9,11H,1H2,2H3. The van der Waals surface area contributed by atoms with Crippen LogP contribution in [0.15, 0.2) is 42.5 Å². The molecule has 1 aromatic carbocycles. The second-order valence-corrected chi connectivity index (χ2v) is 5.10. The van der Waals surface area contributed by atoms with Crippen LogP contribution in [-0.2, 0) is 0 Å². The summed E-state index contributed by atoms with van der Waals surface area (Å²) in [6.07, 6.45) is 0. The summed E-state index contributed by atoms with van der Waals surface area (Å²) >= 11 is 3.49. The molecule has 0 saturated carbocycles. The van der Waals surface area contributed by atoms with E-state index in [-0.39, 0.29) is 4.83 Å². The SMILES string of the molecule is [CH2]c1ccc(Oc2ccccc2)nc1C(C)Br. The molecule has 0 aliphatic rings. The Morgan fingerprint density at radius 3 is 2.53 bits per heavy atom. The number of nitrogens with zero attached hydrogens (tertiary/aromatic N) is 1. The number of alkyl halides is 1. The third kappa shape index (κ3) is 3.07. The number of hydrogen-bond donors (Lipinski definition) is 0. The Morgan fingerprint density at radius 1 is 1.18 bits per heavy atom. The lowest BCUT2D eigenvalue weighted by atomic mass is 10.2. The first kappa shape index (κ1) is 12.1. The predicted octanol–water partition coefficient (Wildman–Crippen LogP) is 4.51. The number of benzene rings is 1. The highest BCUT2D eigenvalue weighted by molar-refractivity contribution is 9.09. The molecule has 0 fully saturated rings. The van der Waals surface area contributed by atoms with Gasteiger partial charge in [0.25, 0.3) is 0 Å². The smallest absolute Gasteiger partial charge is 0.219 e. The van der Waals surface area contributed by atoms with Crippen molar-refractivity contribution in [1.29, 1.82) is 0 Å². The van der Waals surface area contributed by atoms with Crippen LogP contribution in [0.25, 0.3) is 0 Å². The van der Waals surface area contributed by atoms with Crippen molar-refractivity contribution in [2.24, 2.45) is 0 Å². The number of halogens is 1. The molecule has 3 heteroatoms. The minimum absolute atomic E-state index is 0.161. The predicted molar refractivity (Wildman–Crippen MR) is 72.6 cm³/mol. The van der Waals surface area contributed by atoms with Gasteiger partial charge in [-0.15, -0.1) is 0 Å². The zero-order valence-corrected chi connectivity index (χ0v) is 11.1. The van der Waals surface area contributed by atoms with Crippen molar-refractivity contribution in [2.75, 3.05) is 0 Å². The summed E-state index contributed by atoms with van der Waals surface area (Å²) in [5.74, 6) is 1.37. The first-order chi connectivity index (χ1) is 8.16. The van der Waals surface area contributed by atoms with Gasteiger partial charge in [-0.25, -0.2) is 4.98 Å². The fourth-order valence-electron chi connectivity index (χ4n) is 1.50. The average Bonchev–Trinajstić information content (AvgIpc) is 2.32. The molecule has 1 unspecified atom stereocenters. The van der Waals surface area contributed by atoms with Gasteiger partial charge in [-0.1, -0.05) is 40.2 Å². The Balaban J connectivity index is 2.26. The van der Waals surface area contributed by atoms with E-state index in [4.69, 9.17) is 4.74 Å². The van der Waals surface area contributed by atoms with E-state index < -0.39 is 0 Å². The lowest BCUT2D eigenvalue weighted by Gasteiger charge is -2.10. The van der Waals surface area contributed by atoms with Crippen molar-refractivity contribution in [1.82, 2.24) is 4.98 Å². The van der Waals surface area contributed by atoms with Crippen molar-refractivity contribution in [3.63, 3.8) is 0 Å². The minimum atomic E-state index is 0.161. The van der Waals surface area contributed by atoms with Gasteiger partial charge in [-0.05, 0) is 31.5 Å². The minimum Gasteiger partial charge on any atom is -0.439 e. The highest BCUT2D eigenvalue weighted by Gasteiger charge is 2.08. The lowest BCUT2D eigenvalue weighted by molar-refractivity contribution is 0.460. The quantitative estimate of drug-likeness (QED) is 0.776. The lowest BCUT2D eigenvalue weighted by Crippen LogP contribution is -1.96. The molecule has 1 atom stereocenters. The molecule has 0 spiro atoms. The van der Waals surface area contributed by atoms with Crippen LogP contribution in [0.2, 0.25) is 0 Å². The van der Waals surface area contributed by atoms with Crippen LogP contribution in [0, 0.1) is 6.92 Å². The highest BCUT2D eigenvalue weighted by Crippen LogP contribution is 2.27. The third-order valence-corrected chi connectivity index (χ3v) is 2.76. The summed E-state index contributed by atoms with van der Waals surface area (Å²) in [6.45, 7) is 5.96. The summed E-state index contributed by atoms with van der Waals surface area (Å²) in [5, 5.41) is 0. The van der Waals surface area contributed by atoms with Crippen LogP contribution < -0.4 is 4.74 Å². The molecule has 1 radical (unpaired) electrons. The van der Waals surface area contributed by atoms with Gasteiger partial charge in [0.05, 0.1) is 10.5 Å². The average molecular weight is 291 g/mol. The van der Waals surface area contributed by atoms with Gasteiger partial charge in [-0.2, -0.15) is 0 Å². The summed E-state index contributed by atoms with van der Waals surface area (Å²) in [7, 11) is 0. The van der Waals surface area contributed by atoms with Gasteiger partial charge in [-0.3, -0.25) is 0 Å². The van der Waals surface area contributed by atoms with Gasteiger partial charge in [0, 0.05) is 6.07 Å². The molecule has 0 amide bonds. The van der Waals surface area contributed by atoms with E-state index in [0.29, 0.717) is 5.88 Å². The second-order valence-electron chi connectivity index (χ2n) is 3.72. The molecule has 0 bridgehead atoms. The van der Waals surface area contributed by atoms with Crippen molar-refractivity contribution in [2.45, 2.75) is 11.8 Å². The maximum Gasteiger partial charge on any atom is 0.219 e. The van der Waals surface area contributed by atoms with Crippen molar-refractivity contribution in [3.05, 3.63) is 60.6 Å². The van der Waals surface area contributed by atoms with Crippen LogP contribution >= 0.6 is 15.9 Å². The molecule has 0 aliphatic carbocycles. The van der Waals surface area contributed by atoms with E-state index in [1.165, 1.54) is 0 Å². The van der Waals surface area contributed by atoms with Crippen LogP contribution in [0.3, 0.4) is 0 Å². The molecular weight excluding hydrogens is 278 g/mol. The summed E-state index contributed by atoms with van der Waals surface area (Å²) in [6, 6.07) is 13.4. The topological polar surface area (TPSA) is 22.1 Å². The fourth-order valence-corrected chi connectivity index (χ4v) is 1.89. The van der Waals surface area contributed by atoms with E-state index in [0.717, 1.165) is 17.0 Å². The first-order valence-electron chi connectivity index (χ1n) is 5.36. The van der Waals surface area contributed by atoms with Gasteiger partial charge in [0.15, 0.2) is 0 Å². The second kappa shape index (κ2) is 5.32. The fraction of sp³-hybridized carbons (Fsp3) is 0.143. The first-order valence-corrected chi connectivity index (χ1v) is 6.28. The molecule has 2 rings (SSSR count). The van der Waals surface area contributed by atoms with Crippen LogP contribution in [0.1, 0.15) is 23.0 Å². The number of hydrogen-bond acceptors (Lipinski definition) is 2. The number of aromatic nitrogens is 1. The summed E-state index contributed by atoms with van der Waals surface area (Å²) in [4.78, 5) is 4.60. The van der Waals surface area contributed by atoms with Gasteiger partial charge >= 0.3 is 0 Å². The largest absolute Gasteiger partial charge is 0.439 e. The van der Waals surface area contributed by atoms with Crippen LogP contribution in [0.4, 0.5) is 0 Å². The molecule has 2 aromatic rings. The molecule has 17 heavy (non-hydrogen) atoms. The Kier molecular flexibility index (Phi) is 3.79. The molecule has 0 aliphatic heterocycles. The van der Waals surface area contributed by atoms with Gasteiger partial charge < -0.3 is 4.74 Å². The molecular formula is C14H13BrNO. The molecule has 2 nitrogen and oxygen atoms in total. The van der Waals surface area contributed by atoms with Crippen molar-refractivity contribution < 1.29 is 4.74 Å². The van der Waals surface area contributed by atoms with Crippen LogP contribution in [-0.4, -0.2) is 4.98 Å². The van der Waals surface area contributed by atoms with E-state index in [1.54, 1.807) is 0 Å². The Bertz CT molecular complexity index is 497. The normalized spacial score (nSPS) is 12.2. The van der Waals surface area contributed by atoms with E-state index in [9.17, 15) is 0 Å². The van der Waals surface area contributed by atoms with E-state index in [1.807, 2.05) is 49.4 Å². The summed E-state index contributed by atoms with van der Waals surface area (Å²) < 4.78 is 5.66. The van der Waals surface area contributed by atoms with Crippen molar-refractivity contribution in [3.8, 4) is 11.6 Å². The molecule has 1 heterocycles. The molecule has 0 saturated heterocycles. The van der Waals surface area contributed by atoms with Crippen LogP contribution in [0.5, 0.6) is 11.6 Å². The molecule has 0 N–H and O–H groups in total. The van der Waals surface area contributed by atoms with Crippen molar-refractivity contribution >= 4 is 15.9 Å². The van der Waals surface area contributed by atoms with E-state index >= 15 is 0 Å². The van der Waals surface area contributed by atoms with Gasteiger partial charge in [0.1, 0.15) is 5.75 Å². The maximum atomic E-state index is 5.66.